The average Bonchev–Trinajstić information content (AvgIpc) is 2.72. The lowest BCUT2D eigenvalue weighted by Gasteiger charge is -2.34. The molecule has 1 aliphatic rings. The number of nitrogens with zero attached hydrogens (tertiary/aromatic N) is 3. The summed E-state index contributed by atoms with van der Waals surface area (Å²) in [6, 6.07) is 13.1. The van der Waals surface area contributed by atoms with E-state index in [1.165, 1.54) is 0 Å². The van der Waals surface area contributed by atoms with Gasteiger partial charge in [0.25, 0.3) is 5.91 Å². The van der Waals surface area contributed by atoms with Crippen LogP contribution in [0.15, 0.2) is 48.7 Å². The second kappa shape index (κ2) is 8.47. The standard InChI is InChI=1S/C20H23N3O3/c1-26-17-6-4-5-16(15-17)8-9-19(24)22-11-13-23(14-12-22)20(25)18-7-2-3-10-21-18/h2-7,10,15H,8-9,11-14H2,1H3. The first-order valence-electron chi connectivity index (χ1n) is 8.78. The number of hydrogen-bond donors (Lipinski definition) is 0. The van der Waals surface area contributed by atoms with Crippen LogP contribution in [0.1, 0.15) is 22.5 Å². The Hall–Kier alpha value is -2.89. The lowest BCUT2D eigenvalue weighted by molar-refractivity contribution is -0.132. The highest BCUT2D eigenvalue weighted by atomic mass is 16.5. The molecule has 3 rings (SSSR count). The Morgan fingerprint density at radius 1 is 1.04 bits per heavy atom. The van der Waals surface area contributed by atoms with Crippen LogP contribution in [0.2, 0.25) is 0 Å². The minimum atomic E-state index is -0.0749. The van der Waals surface area contributed by atoms with Crippen LogP contribution in [-0.4, -0.2) is 59.9 Å². The van der Waals surface area contributed by atoms with Crippen molar-refractivity contribution in [3.8, 4) is 5.75 Å². The number of amides is 2. The number of carbonyl (C=O) groups excluding carboxylic acids is 2. The highest BCUT2D eigenvalue weighted by Gasteiger charge is 2.25. The van der Waals surface area contributed by atoms with Gasteiger partial charge in [-0.15, -0.1) is 0 Å². The van der Waals surface area contributed by atoms with Crippen molar-refractivity contribution in [1.82, 2.24) is 14.8 Å². The summed E-state index contributed by atoms with van der Waals surface area (Å²) in [5, 5.41) is 0. The maximum atomic E-state index is 12.5. The third-order valence-corrected chi connectivity index (χ3v) is 4.57. The van der Waals surface area contributed by atoms with Crippen LogP contribution in [0.4, 0.5) is 0 Å². The molecule has 1 saturated heterocycles. The fourth-order valence-corrected chi connectivity index (χ4v) is 3.05. The van der Waals surface area contributed by atoms with Crippen molar-refractivity contribution in [2.24, 2.45) is 0 Å². The number of benzene rings is 1. The van der Waals surface area contributed by atoms with Gasteiger partial charge in [-0.25, -0.2) is 0 Å². The summed E-state index contributed by atoms with van der Waals surface area (Å²) in [6.07, 6.45) is 2.76. The van der Waals surface area contributed by atoms with Crippen molar-refractivity contribution in [2.75, 3.05) is 33.3 Å². The maximum Gasteiger partial charge on any atom is 0.272 e. The molecule has 0 aliphatic carbocycles. The third kappa shape index (κ3) is 4.39. The van der Waals surface area contributed by atoms with Gasteiger partial charge in [-0.3, -0.25) is 14.6 Å². The summed E-state index contributed by atoms with van der Waals surface area (Å²) >= 11 is 0. The van der Waals surface area contributed by atoms with Crippen molar-refractivity contribution in [2.45, 2.75) is 12.8 Å². The van der Waals surface area contributed by atoms with Crippen molar-refractivity contribution < 1.29 is 14.3 Å². The van der Waals surface area contributed by atoms with E-state index < -0.39 is 0 Å². The van der Waals surface area contributed by atoms with Gasteiger partial charge in [0, 0.05) is 38.8 Å². The largest absolute Gasteiger partial charge is 0.497 e. The number of pyridine rings is 1. The third-order valence-electron chi connectivity index (χ3n) is 4.57. The van der Waals surface area contributed by atoms with Gasteiger partial charge >= 0.3 is 0 Å². The number of aromatic nitrogens is 1. The molecule has 6 heteroatoms. The van der Waals surface area contributed by atoms with Crippen molar-refractivity contribution in [1.29, 1.82) is 0 Å². The van der Waals surface area contributed by atoms with Crippen molar-refractivity contribution in [3.05, 3.63) is 59.9 Å². The molecule has 2 aromatic rings. The predicted molar refractivity (Wildman–Crippen MR) is 98.0 cm³/mol. The normalized spacial score (nSPS) is 14.2. The fraction of sp³-hybridized carbons (Fsp3) is 0.350. The molecular formula is C20H23N3O3. The summed E-state index contributed by atoms with van der Waals surface area (Å²) in [5.74, 6) is 0.850. The maximum absolute atomic E-state index is 12.5. The molecule has 0 N–H and O–H groups in total. The lowest BCUT2D eigenvalue weighted by Crippen LogP contribution is -2.50. The smallest absolute Gasteiger partial charge is 0.272 e. The second-order valence-corrected chi connectivity index (χ2v) is 6.24. The van der Waals surface area contributed by atoms with E-state index >= 15 is 0 Å². The van der Waals surface area contributed by atoms with Crippen LogP contribution in [0.5, 0.6) is 5.75 Å². The van der Waals surface area contributed by atoms with Gasteiger partial charge < -0.3 is 14.5 Å². The van der Waals surface area contributed by atoms with Crippen molar-refractivity contribution in [3.63, 3.8) is 0 Å². The van der Waals surface area contributed by atoms with Gasteiger partial charge in [0.2, 0.25) is 5.91 Å². The zero-order valence-corrected chi connectivity index (χ0v) is 14.9. The number of methoxy groups -OCH3 is 1. The lowest BCUT2D eigenvalue weighted by atomic mass is 10.1. The zero-order chi connectivity index (χ0) is 18.4. The zero-order valence-electron chi connectivity index (χ0n) is 14.9. The molecule has 0 saturated carbocycles. The summed E-state index contributed by atoms with van der Waals surface area (Å²) in [4.78, 5) is 32.5. The summed E-state index contributed by atoms with van der Waals surface area (Å²) < 4.78 is 5.21. The molecule has 2 heterocycles. The highest BCUT2D eigenvalue weighted by Crippen LogP contribution is 2.15. The van der Waals surface area contributed by atoms with Gasteiger partial charge in [0.15, 0.2) is 0 Å². The number of piperazine rings is 1. The Labute approximate surface area is 153 Å². The van der Waals surface area contributed by atoms with Crippen molar-refractivity contribution >= 4 is 11.8 Å². The Morgan fingerprint density at radius 3 is 2.50 bits per heavy atom. The molecule has 1 aromatic heterocycles. The summed E-state index contributed by atoms with van der Waals surface area (Å²) in [5.41, 5.74) is 1.53. The minimum Gasteiger partial charge on any atom is -0.497 e. The topological polar surface area (TPSA) is 62.7 Å². The molecule has 6 nitrogen and oxygen atoms in total. The predicted octanol–water partition coefficient (Wildman–Crippen LogP) is 2.01. The highest BCUT2D eigenvalue weighted by molar-refractivity contribution is 5.92. The number of ether oxygens (including phenoxy) is 1. The van der Waals surface area contributed by atoms with Gasteiger partial charge in [-0.2, -0.15) is 0 Å². The molecule has 0 bridgehead atoms. The van der Waals surface area contributed by atoms with E-state index in [-0.39, 0.29) is 11.8 Å². The van der Waals surface area contributed by atoms with Crippen LogP contribution in [-0.2, 0) is 11.2 Å². The van der Waals surface area contributed by atoms with Gasteiger partial charge in [0.1, 0.15) is 11.4 Å². The fourth-order valence-electron chi connectivity index (χ4n) is 3.05. The van der Waals surface area contributed by atoms with E-state index in [1.807, 2.05) is 29.2 Å². The van der Waals surface area contributed by atoms with Crippen LogP contribution in [0.3, 0.4) is 0 Å². The molecule has 0 unspecified atom stereocenters. The van der Waals surface area contributed by atoms with Gasteiger partial charge in [0.05, 0.1) is 7.11 Å². The average molecular weight is 353 g/mol. The van der Waals surface area contributed by atoms with Crippen LogP contribution in [0.25, 0.3) is 0 Å². The SMILES string of the molecule is COc1cccc(CCC(=O)N2CCN(C(=O)c3ccccn3)CC2)c1. The van der Waals surface area contributed by atoms with E-state index in [4.69, 9.17) is 4.74 Å². The number of carbonyl (C=O) groups is 2. The first-order valence-corrected chi connectivity index (χ1v) is 8.78. The van der Waals surface area contributed by atoms with E-state index in [0.717, 1.165) is 11.3 Å². The van der Waals surface area contributed by atoms with Crippen LogP contribution in [0, 0.1) is 0 Å². The molecule has 0 radical (unpaired) electrons. The van der Waals surface area contributed by atoms with Crippen LogP contribution >= 0.6 is 0 Å². The number of rotatable bonds is 5. The molecule has 1 fully saturated rings. The van der Waals surface area contributed by atoms with Gasteiger partial charge in [-0.1, -0.05) is 18.2 Å². The van der Waals surface area contributed by atoms with Crippen LogP contribution < -0.4 is 4.74 Å². The summed E-state index contributed by atoms with van der Waals surface area (Å²) in [7, 11) is 1.63. The first-order chi connectivity index (χ1) is 12.7. The van der Waals surface area contributed by atoms with Gasteiger partial charge in [-0.05, 0) is 36.2 Å². The summed E-state index contributed by atoms with van der Waals surface area (Å²) in [6.45, 7) is 2.21. The Kier molecular flexibility index (Phi) is 5.84. The van der Waals surface area contributed by atoms with E-state index in [1.54, 1.807) is 36.4 Å². The molecule has 136 valence electrons. The van der Waals surface area contributed by atoms with E-state index in [2.05, 4.69) is 4.98 Å². The monoisotopic (exact) mass is 353 g/mol. The molecule has 2 amide bonds. The molecule has 0 spiro atoms. The molecule has 1 aliphatic heterocycles. The number of aryl methyl sites for hydroxylation is 1. The Balaban J connectivity index is 1.48. The molecule has 1 aromatic carbocycles. The minimum absolute atomic E-state index is 0.0749. The number of hydrogen-bond acceptors (Lipinski definition) is 4. The van der Waals surface area contributed by atoms with E-state index in [9.17, 15) is 9.59 Å². The second-order valence-electron chi connectivity index (χ2n) is 6.24. The first kappa shape index (κ1) is 17.9. The quantitative estimate of drug-likeness (QED) is 0.825. The Bertz CT molecular complexity index is 756. The molecule has 0 atom stereocenters. The molecule has 26 heavy (non-hydrogen) atoms. The Morgan fingerprint density at radius 2 is 1.81 bits per heavy atom. The molecular weight excluding hydrogens is 330 g/mol. The van der Waals surface area contributed by atoms with E-state index in [0.29, 0.717) is 44.7 Å².